The molecule has 0 aliphatic rings. The van der Waals surface area contributed by atoms with Gasteiger partial charge in [0.05, 0.1) is 18.8 Å². The second kappa shape index (κ2) is 13.7. The van der Waals surface area contributed by atoms with Crippen molar-refractivity contribution in [3.63, 3.8) is 0 Å². The lowest BCUT2D eigenvalue weighted by molar-refractivity contribution is -0.142. The Hall–Kier alpha value is -4.26. The molecular formula is C24H33N7O6. The number of H-pyrrole nitrogens is 1. The second-order valence-electron chi connectivity index (χ2n) is 8.93. The molecular weight excluding hydrogens is 482 g/mol. The van der Waals surface area contributed by atoms with Gasteiger partial charge >= 0.3 is 5.97 Å². The molecule has 9 N–H and O–H groups in total. The zero-order valence-electron chi connectivity index (χ0n) is 20.6. The molecule has 13 nitrogen and oxygen atoms in total. The maximum Gasteiger partial charge on any atom is 0.326 e. The van der Waals surface area contributed by atoms with Crippen molar-refractivity contribution < 1.29 is 29.1 Å². The van der Waals surface area contributed by atoms with Crippen LogP contribution in [0.5, 0.6) is 0 Å². The molecule has 1 heterocycles. The fourth-order valence-electron chi connectivity index (χ4n) is 3.40. The van der Waals surface area contributed by atoms with Crippen LogP contribution in [0, 0.1) is 5.92 Å². The van der Waals surface area contributed by atoms with Gasteiger partial charge in [0.1, 0.15) is 18.1 Å². The average Bonchev–Trinajstić information content (AvgIpc) is 3.35. The Kier molecular flexibility index (Phi) is 10.8. The van der Waals surface area contributed by atoms with Crippen molar-refractivity contribution in [3.8, 4) is 0 Å². The van der Waals surface area contributed by atoms with E-state index in [0.717, 1.165) is 0 Å². The molecule has 4 atom stereocenters. The molecule has 37 heavy (non-hydrogen) atoms. The average molecular weight is 516 g/mol. The number of nitrogens with zero attached hydrogens (tertiary/aromatic N) is 1. The Bertz CT molecular complexity index is 1070. The van der Waals surface area contributed by atoms with Gasteiger partial charge in [-0.2, -0.15) is 0 Å². The van der Waals surface area contributed by atoms with Crippen LogP contribution in [0.4, 0.5) is 0 Å². The van der Waals surface area contributed by atoms with Crippen LogP contribution in [-0.2, 0) is 36.8 Å². The van der Waals surface area contributed by atoms with Gasteiger partial charge < -0.3 is 37.5 Å². The molecule has 1 aromatic heterocycles. The van der Waals surface area contributed by atoms with Gasteiger partial charge in [0.2, 0.25) is 23.6 Å². The van der Waals surface area contributed by atoms with Gasteiger partial charge in [-0.1, -0.05) is 44.2 Å². The van der Waals surface area contributed by atoms with E-state index in [4.69, 9.17) is 11.5 Å². The summed E-state index contributed by atoms with van der Waals surface area (Å²) in [6, 6.07) is 3.75. The quantitative estimate of drug-likeness (QED) is 0.158. The number of aromatic nitrogens is 2. The van der Waals surface area contributed by atoms with E-state index in [9.17, 15) is 29.1 Å². The van der Waals surface area contributed by atoms with Gasteiger partial charge in [-0.3, -0.25) is 19.2 Å². The summed E-state index contributed by atoms with van der Waals surface area (Å²) in [6.45, 7) is 3.49. The summed E-state index contributed by atoms with van der Waals surface area (Å²) in [5.74, 6) is -4.70. The Morgan fingerprint density at radius 1 is 0.919 bits per heavy atom. The van der Waals surface area contributed by atoms with Crippen molar-refractivity contribution in [1.29, 1.82) is 0 Å². The van der Waals surface area contributed by atoms with Crippen LogP contribution in [0.15, 0.2) is 42.9 Å². The van der Waals surface area contributed by atoms with E-state index >= 15 is 0 Å². The molecule has 200 valence electrons. The third-order valence-electron chi connectivity index (χ3n) is 5.57. The molecule has 0 aliphatic carbocycles. The molecule has 0 aliphatic heterocycles. The Balaban J connectivity index is 2.19. The van der Waals surface area contributed by atoms with Crippen LogP contribution in [0.25, 0.3) is 0 Å². The first-order valence-electron chi connectivity index (χ1n) is 11.7. The fourth-order valence-corrected chi connectivity index (χ4v) is 3.40. The lowest BCUT2D eigenvalue weighted by Gasteiger charge is -2.25. The number of primary amides is 1. The Morgan fingerprint density at radius 2 is 1.51 bits per heavy atom. The van der Waals surface area contributed by atoms with E-state index in [-0.39, 0.29) is 18.8 Å². The van der Waals surface area contributed by atoms with E-state index in [1.807, 2.05) is 0 Å². The maximum atomic E-state index is 13.2. The normalized spacial score (nSPS) is 14.2. The monoisotopic (exact) mass is 515 g/mol. The first kappa shape index (κ1) is 29.0. The summed E-state index contributed by atoms with van der Waals surface area (Å²) < 4.78 is 0. The molecule has 2 aromatic rings. The van der Waals surface area contributed by atoms with Gasteiger partial charge in [0.15, 0.2) is 0 Å². The smallest absolute Gasteiger partial charge is 0.326 e. The minimum Gasteiger partial charge on any atom is -0.480 e. The molecule has 0 saturated heterocycles. The number of imidazole rings is 1. The number of aromatic amines is 1. The van der Waals surface area contributed by atoms with E-state index in [0.29, 0.717) is 11.3 Å². The first-order chi connectivity index (χ1) is 17.5. The Labute approximate surface area is 213 Å². The lowest BCUT2D eigenvalue weighted by atomic mass is 10.0. The summed E-state index contributed by atoms with van der Waals surface area (Å²) in [7, 11) is 0. The van der Waals surface area contributed by atoms with Crippen molar-refractivity contribution in [3.05, 3.63) is 54.1 Å². The number of carboxylic acid groups (broad SMARTS) is 1. The van der Waals surface area contributed by atoms with Crippen molar-refractivity contribution in [1.82, 2.24) is 25.9 Å². The fraction of sp³-hybridized carbons (Fsp3) is 0.417. The SMILES string of the molecule is CC(C)[C@H](N)C(=O)N[C@@H](Cc1cnc[nH]1)C(=O)N[C@@H](CC(N)=O)C(=O)N[C@@H](Cc1ccccc1)C(=O)O. The maximum absolute atomic E-state index is 13.2. The van der Waals surface area contributed by atoms with E-state index in [1.54, 1.807) is 44.2 Å². The molecule has 0 radical (unpaired) electrons. The van der Waals surface area contributed by atoms with Crippen LogP contribution in [0.1, 0.15) is 31.5 Å². The first-order valence-corrected chi connectivity index (χ1v) is 11.7. The summed E-state index contributed by atoms with van der Waals surface area (Å²) in [5, 5.41) is 16.9. The van der Waals surface area contributed by atoms with Crippen LogP contribution >= 0.6 is 0 Å². The van der Waals surface area contributed by atoms with Crippen LogP contribution in [-0.4, -0.2) is 68.8 Å². The lowest BCUT2D eigenvalue weighted by Crippen LogP contribution is -2.58. The molecule has 0 fully saturated rings. The van der Waals surface area contributed by atoms with Gasteiger partial charge in [-0.25, -0.2) is 9.78 Å². The number of rotatable bonds is 14. The standard InChI is InChI=1S/C24H33N7O6/c1-13(2)20(26)23(35)30-16(9-15-11-27-12-28-15)21(33)29-17(10-19(25)32)22(34)31-18(24(36)37)8-14-6-4-3-5-7-14/h3-7,11-13,16-18,20H,8-10,26H2,1-2H3,(H2,25,32)(H,27,28)(H,29,33)(H,30,35)(H,31,34)(H,36,37)/t16-,17-,18-,20-/m0/s1. The molecule has 4 amide bonds. The Morgan fingerprint density at radius 3 is 2.05 bits per heavy atom. The van der Waals surface area contributed by atoms with E-state index < -0.39 is 60.2 Å². The minimum atomic E-state index is -1.48. The van der Waals surface area contributed by atoms with Gasteiger partial charge in [0.25, 0.3) is 0 Å². The molecule has 0 saturated carbocycles. The molecule has 2 rings (SSSR count). The third-order valence-corrected chi connectivity index (χ3v) is 5.57. The van der Waals surface area contributed by atoms with Gasteiger partial charge in [-0.05, 0) is 11.5 Å². The van der Waals surface area contributed by atoms with E-state index in [1.165, 1.54) is 12.5 Å². The zero-order chi connectivity index (χ0) is 27.5. The highest BCUT2D eigenvalue weighted by Gasteiger charge is 2.32. The summed E-state index contributed by atoms with van der Waals surface area (Å²) in [6.07, 6.45) is 2.23. The number of nitrogens with one attached hydrogen (secondary N) is 4. The molecule has 0 spiro atoms. The second-order valence-corrected chi connectivity index (χ2v) is 8.93. The molecule has 0 unspecified atom stereocenters. The van der Waals surface area contributed by atoms with Crippen LogP contribution in [0.3, 0.4) is 0 Å². The summed E-state index contributed by atoms with van der Waals surface area (Å²) in [5.41, 5.74) is 12.4. The highest BCUT2D eigenvalue weighted by Crippen LogP contribution is 2.07. The number of benzene rings is 1. The number of carbonyl (C=O) groups is 5. The zero-order valence-corrected chi connectivity index (χ0v) is 20.6. The topological polar surface area (TPSA) is 222 Å². The summed E-state index contributed by atoms with van der Waals surface area (Å²) in [4.78, 5) is 68.8. The van der Waals surface area contributed by atoms with Crippen LogP contribution in [0.2, 0.25) is 0 Å². The predicted octanol–water partition coefficient (Wildman–Crippen LogP) is -1.41. The highest BCUT2D eigenvalue weighted by molar-refractivity contribution is 5.96. The minimum absolute atomic E-state index is 0.0148. The van der Waals surface area contributed by atoms with Gasteiger partial charge in [0, 0.05) is 24.7 Å². The third kappa shape index (κ3) is 9.37. The van der Waals surface area contributed by atoms with Gasteiger partial charge in [-0.15, -0.1) is 0 Å². The number of carbonyl (C=O) groups excluding carboxylic acids is 4. The number of nitrogens with two attached hydrogens (primary N) is 2. The summed E-state index contributed by atoms with van der Waals surface area (Å²) >= 11 is 0. The predicted molar refractivity (Wildman–Crippen MR) is 132 cm³/mol. The van der Waals surface area contributed by atoms with Crippen molar-refractivity contribution >= 4 is 29.6 Å². The van der Waals surface area contributed by atoms with Crippen molar-refractivity contribution in [2.24, 2.45) is 17.4 Å². The highest BCUT2D eigenvalue weighted by atomic mass is 16.4. The number of aliphatic carboxylic acids is 1. The number of amides is 4. The molecule has 1 aromatic carbocycles. The number of hydrogen-bond donors (Lipinski definition) is 7. The van der Waals surface area contributed by atoms with Crippen molar-refractivity contribution in [2.75, 3.05) is 0 Å². The number of carboxylic acids is 1. The largest absolute Gasteiger partial charge is 0.480 e. The number of hydrogen-bond acceptors (Lipinski definition) is 7. The van der Waals surface area contributed by atoms with Crippen molar-refractivity contribution in [2.45, 2.75) is 57.3 Å². The molecule has 0 bridgehead atoms. The molecule has 13 heteroatoms. The van der Waals surface area contributed by atoms with E-state index in [2.05, 4.69) is 25.9 Å². The van der Waals surface area contributed by atoms with Crippen LogP contribution < -0.4 is 27.4 Å².